The highest BCUT2D eigenvalue weighted by molar-refractivity contribution is 5.97. The summed E-state index contributed by atoms with van der Waals surface area (Å²) in [5.41, 5.74) is 1.59. The smallest absolute Gasteiger partial charge is 0.265 e. The van der Waals surface area contributed by atoms with Gasteiger partial charge in [0.15, 0.2) is 0 Å². The van der Waals surface area contributed by atoms with Crippen molar-refractivity contribution >= 4 is 16.9 Å². The maximum absolute atomic E-state index is 13.6. The average molecular weight is 404 g/mol. The lowest BCUT2D eigenvalue weighted by Gasteiger charge is -2.37. The zero-order valence-electron chi connectivity index (χ0n) is 17.8. The molecule has 4 rings (SSSR count). The Labute approximate surface area is 177 Å². The van der Waals surface area contributed by atoms with Gasteiger partial charge >= 0.3 is 0 Å². The molecule has 0 spiro atoms. The van der Waals surface area contributed by atoms with Crippen molar-refractivity contribution in [3.63, 3.8) is 0 Å². The largest absolute Gasteiger partial charge is 0.333 e. The molecule has 0 bridgehead atoms. The zero-order valence-corrected chi connectivity index (χ0v) is 17.8. The quantitative estimate of drug-likeness (QED) is 0.624. The van der Waals surface area contributed by atoms with Crippen LogP contribution in [0.1, 0.15) is 61.9 Å². The van der Waals surface area contributed by atoms with Gasteiger partial charge in [-0.2, -0.15) is 0 Å². The van der Waals surface area contributed by atoms with E-state index in [2.05, 4.69) is 4.98 Å². The number of pyridine rings is 2. The predicted molar refractivity (Wildman–Crippen MR) is 120 cm³/mol. The van der Waals surface area contributed by atoms with Gasteiger partial charge in [-0.1, -0.05) is 49.6 Å². The van der Waals surface area contributed by atoms with E-state index in [1.165, 1.54) is 6.42 Å². The number of carbonyl (C=O) groups excluding carboxylic acids is 1. The topological polar surface area (TPSA) is 55.2 Å². The van der Waals surface area contributed by atoms with E-state index in [0.29, 0.717) is 12.2 Å². The highest BCUT2D eigenvalue weighted by Gasteiger charge is 2.30. The fraction of sp³-hybridized carbons (Fsp3) is 0.400. The summed E-state index contributed by atoms with van der Waals surface area (Å²) in [7, 11) is 0. The van der Waals surface area contributed by atoms with E-state index < -0.39 is 0 Å². The Kier molecular flexibility index (Phi) is 5.98. The second-order valence-corrected chi connectivity index (χ2v) is 8.45. The molecule has 0 aliphatic heterocycles. The molecule has 1 saturated carbocycles. The van der Waals surface area contributed by atoms with Crippen molar-refractivity contribution in [2.24, 2.45) is 0 Å². The van der Waals surface area contributed by atoms with Gasteiger partial charge in [0.2, 0.25) is 0 Å². The molecule has 0 atom stereocenters. The molecule has 5 heteroatoms. The number of rotatable bonds is 5. The number of hydrogen-bond acceptors (Lipinski definition) is 3. The van der Waals surface area contributed by atoms with E-state index in [-0.39, 0.29) is 29.1 Å². The molecule has 5 nitrogen and oxygen atoms in total. The van der Waals surface area contributed by atoms with Crippen molar-refractivity contribution in [2.45, 2.75) is 64.6 Å². The summed E-state index contributed by atoms with van der Waals surface area (Å²) in [4.78, 5) is 33.5. The fourth-order valence-electron chi connectivity index (χ4n) is 4.59. The van der Waals surface area contributed by atoms with E-state index in [0.717, 1.165) is 36.6 Å². The standard InChI is InChI=1S/C25H29N3O2/c1-18(2)28(21-13-7-4-8-14-21)25(30)22-16-20-12-9-15-26-23(20)27(24(22)29)17-19-10-5-3-6-11-19/h3,5-6,9-12,15-16,18,21H,4,7-8,13-14,17H2,1-2H3. The van der Waals surface area contributed by atoms with Gasteiger partial charge in [0.1, 0.15) is 11.2 Å². The predicted octanol–water partition coefficient (Wildman–Crippen LogP) is 4.63. The van der Waals surface area contributed by atoms with Gasteiger partial charge in [0.05, 0.1) is 6.54 Å². The minimum atomic E-state index is -0.267. The van der Waals surface area contributed by atoms with Crippen LogP contribution in [0, 0.1) is 0 Å². The van der Waals surface area contributed by atoms with Crippen LogP contribution in [0.25, 0.3) is 11.0 Å². The number of fused-ring (bicyclic) bond motifs is 1. The number of hydrogen-bond donors (Lipinski definition) is 0. The molecule has 0 unspecified atom stereocenters. The van der Waals surface area contributed by atoms with Crippen molar-refractivity contribution in [3.05, 3.63) is 76.2 Å². The number of aromatic nitrogens is 2. The summed E-state index contributed by atoms with van der Waals surface area (Å²) < 4.78 is 1.64. The lowest BCUT2D eigenvalue weighted by molar-refractivity contribution is 0.0553. The molecule has 1 fully saturated rings. The first-order chi connectivity index (χ1) is 14.6. The Morgan fingerprint density at radius 3 is 2.53 bits per heavy atom. The van der Waals surface area contributed by atoms with Crippen molar-refractivity contribution < 1.29 is 4.79 Å². The molecule has 156 valence electrons. The molecule has 1 aromatic carbocycles. The Morgan fingerprint density at radius 2 is 1.83 bits per heavy atom. The number of nitrogens with zero attached hydrogens (tertiary/aromatic N) is 3. The van der Waals surface area contributed by atoms with Crippen LogP contribution in [-0.4, -0.2) is 32.4 Å². The van der Waals surface area contributed by atoms with Crippen molar-refractivity contribution in [1.29, 1.82) is 0 Å². The normalized spacial score (nSPS) is 14.9. The number of carbonyl (C=O) groups is 1. The maximum Gasteiger partial charge on any atom is 0.265 e. The van der Waals surface area contributed by atoms with Crippen LogP contribution >= 0.6 is 0 Å². The third-order valence-corrected chi connectivity index (χ3v) is 6.02. The first kappa shape index (κ1) is 20.3. The molecule has 2 heterocycles. The molecule has 0 N–H and O–H groups in total. The third kappa shape index (κ3) is 4.02. The van der Waals surface area contributed by atoms with Gasteiger partial charge in [-0.05, 0) is 50.5 Å². The molecular formula is C25H29N3O2. The summed E-state index contributed by atoms with van der Waals surface area (Å²) in [6, 6.07) is 15.6. The van der Waals surface area contributed by atoms with E-state index >= 15 is 0 Å². The first-order valence-corrected chi connectivity index (χ1v) is 10.9. The van der Waals surface area contributed by atoms with E-state index in [1.807, 2.05) is 61.2 Å². The molecule has 2 aromatic heterocycles. The van der Waals surface area contributed by atoms with Crippen LogP contribution in [0.5, 0.6) is 0 Å². The molecule has 1 aliphatic carbocycles. The summed E-state index contributed by atoms with van der Waals surface area (Å²) in [6.45, 7) is 4.47. The highest BCUT2D eigenvalue weighted by atomic mass is 16.2. The van der Waals surface area contributed by atoms with Crippen LogP contribution in [0.3, 0.4) is 0 Å². The Hall–Kier alpha value is -2.95. The minimum absolute atomic E-state index is 0.0483. The molecule has 1 aliphatic rings. The monoisotopic (exact) mass is 403 g/mol. The Bertz CT molecular complexity index is 1080. The second-order valence-electron chi connectivity index (χ2n) is 8.45. The minimum Gasteiger partial charge on any atom is -0.333 e. The van der Waals surface area contributed by atoms with Crippen LogP contribution in [0.2, 0.25) is 0 Å². The van der Waals surface area contributed by atoms with Gasteiger partial charge in [0.25, 0.3) is 11.5 Å². The summed E-state index contributed by atoms with van der Waals surface area (Å²) in [6.07, 6.45) is 7.21. The molecule has 30 heavy (non-hydrogen) atoms. The molecule has 1 amide bonds. The van der Waals surface area contributed by atoms with Crippen molar-refractivity contribution in [1.82, 2.24) is 14.5 Å². The molecule has 0 radical (unpaired) electrons. The lowest BCUT2D eigenvalue weighted by atomic mass is 9.93. The van der Waals surface area contributed by atoms with E-state index in [9.17, 15) is 9.59 Å². The summed E-state index contributed by atoms with van der Waals surface area (Å²) in [5.74, 6) is -0.158. The average Bonchev–Trinajstić information content (AvgIpc) is 2.77. The van der Waals surface area contributed by atoms with Crippen LogP contribution in [0.15, 0.2) is 59.5 Å². The Morgan fingerprint density at radius 1 is 1.10 bits per heavy atom. The van der Waals surface area contributed by atoms with E-state index in [1.54, 1.807) is 16.8 Å². The second kappa shape index (κ2) is 8.82. The van der Waals surface area contributed by atoms with Gasteiger partial charge in [0, 0.05) is 23.7 Å². The fourth-order valence-corrected chi connectivity index (χ4v) is 4.59. The third-order valence-electron chi connectivity index (χ3n) is 6.02. The van der Waals surface area contributed by atoms with Crippen molar-refractivity contribution in [2.75, 3.05) is 0 Å². The molecule has 0 saturated heterocycles. The SMILES string of the molecule is CC(C)N(C(=O)c1cc2cccnc2n(Cc2ccccc2)c1=O)C1CCCCC1. The van der Waals surface area contributed by atoms with Crippen LogP contribution < -0.4 is 5.56 Å². The molecular weight excluding hydrogens is 374 g/mol. The van der Waals surface area contributed by atoms with Crippen LogP contribution in [-0.2, 0) is 6.54 Å². The van der Waals surface area contributed by atoms with Crippen molar-refractivity contribution in [3.8, 4) is 0 Å². The summed E-state index contributed by atoms with van der Waals surface area (Å²) in [5, 5.41) is 0.809. The zero-order chi connectivity index (χ0) is 21.1. The van der Waals surface area contributed by atoms with Gasteiger partial charge in [-0.25, -0.2) is 4.98 Å². The van der Waals surface area contributed by atoms with Gasteiger partial charge in [-0.3, -0.25) is 14.2 Å². The molecule has 3 aromatic rings. The Balaban J connectivity index is 1.81. The number of benzene rings is 1. The van der Waals surface area contributed by atoms with Gasteiger partial charge in [-0.15, -0.1) is 0 Å². The maximum atomic E-state index is 13.6. The number of amides is 1. The lowest BCUT2D eigenvalue weighted by Crippen LogP contribution is -2.47. The highest BCUT2D eigenvalue weighted by Crippen LogP contribution is 2.26. The first-order valence-electron chi connectivity index (χ1n) is 10.9. The van der Waals surface area contributed by atoms with Crippen LogP contribution in [0.4, 0.5) is 0 Å². The van der Waals surface area contributed by atoms with Gasteiger partial charge < -0.3 is 4.90 Å². The summed E-state index contributed by atoms with van der Waals surface area (Å²) >= 11 is 0. The van der Waals surface area contributed by atoms with E-state index in [4.69, 9.17) is 0 Å².